The van der Waals surface area contributed by atoms with Crippen molar-refractivity contribution in [3.63, 3.8) is 0 Å². The van der Waals surface area contributed by atoms with E-state index in [1.807, 2.05) is 11.0 Å². The Kier molecular flexibility index (Phi) is 5.07. The van der Waals surface area contributed by atoms with Crippen molar-refractivity contribution >= 4 is 6.03 Å². The van der Waals surface area contributed by atoms with Crippen LogP contribution in [0.15, 0.2) is 30.3 Å². The Morgan fingerprint density at radius 2 is 1.88 bits per heavy atom. The van der Waals surface area contributed by atoms with Crippen molar-refractivity contribution in [2.24, 2.45) is 0 Å². The van der Waals surface area contributed by atoms with Gasteiger partial charge in [0.05, 0.1) is 6.61 Å². The zero-order chi connectivity index (χ0) is 18.1. The summed E-state index contributed by atoms with van der Waals surface area (Å²) in [5.74, 6) is 0. The summed E-state index contributed by atoms with van der Waals surface area (Å²) in [6.07, 6.45) is 1.99. The second kappa shape index (κ2) is 6.96. The highest BCUT2D eigenvalue weighted by atomic mass is 16.3. The number of hydrogen-bond acceptors (Lipinski definition) is 3. The molecule has 2 amide bonds. The maximum Gasteiger partial charge on any atom is 0.317 e. The van der Waals surface area contributed by atoms with Gasteiger partial charge in [-0.05, 0) is 37.7 Å². The molecule has 138 valence electrons. The van der Waals surface area contributed by atoms with Crippen LogP contribution in [0, 0.1) is 0 Å². The number of carbonyl (C=O) groups excluding carboxylic acids is 1. The van der Waals surface area contributed by atoms with E-state index >= 15 is 0 Å². The van der Waals surface area contributed by atoms with Gasteiger partial charge in [-0.1, -0.05) is 37.3 Å². The molecule has 0 aromatic heterocycles. The molecule has 0 bridgehead atoms. The van der Waals surface area contributed by atoms with Crippen molar-refractivity contribution < 1.29 is 9.90 Å². The highest BCUT2D eigenvalue weighted by Gasteiger charge is 2.43. The third-order valence-electron chi connectivity index (χ3n) is 5.92. The number of aliphatic hydroxyl groups excluding tert-OH is 1. The quantitative estimate of drug-likeness (QED) is 0.880. The van der Waals surface area contributed by atoms with Crippen LogP contribution >= 0.6 is 0 Å². The van der Waals surface area contributed by atoms with Crippen molar-refractivity contribution in [3.05, 3.63) is 35.9 Å². The first-order valence-electron chi connectivity index (χ1n) is 9.31. The van der Waals surface area contributed by atoms with Crippen molar-refractivity contribution in [2.75, 3.05) is 32.8 Å². The van der Waals surface area contributed by atoms with Crippen LogP contribution in [0.5, 0.6) is 0 Å². The van der Waals surface area contributed by atoms with Crippen molar-refractivity contribution in [1.29, 1.82) is 0 Å². The number of benzene rings is 1. The lowest BCUT2D eigenvalue weighted by Gasteiger charge is -2.49. The highest BCUT2D eigenvalue weighted by molar-refractivity contribution is 5.75. The number of aliphatic hydroxyl groups is 1. The molecule has 2 fully saturated rings. The second-order valence-corrected chi connectivity index (χ2v) is 8.43. The normalized spacial score (nSPS) is 29.1. The van der Waals surface area contributed by atoms with Gasteiger partial charge in [-0.3, -0.25) is 4.90 Å². The fourth-order valence-corrected chi connectivity index (χ4v) is 4.37. The van der Waals surface area contributed by atoms with Crippen LogP contribution in [0.1, 0.15) is 39.2 Å². The number of nitrogens with zero attached hydrogens (tertiary/aromatic N) is 2. The van der Waals surface area contributed by atoms with Gasteiger partial charge in [0.1, 0.15) is 0 Å². The molecule has 3 rings (SSSR count). The van der Waals surface area contributed by atoms with Crippen molar-refractivity contribution in [1.82, 2.24) is 15.1 Å². The fourth-order valence-electron chi connectivity index (χ4n) is 4.37. The van der Waals surface area contributed by atoms with Gasteiger partial charge >= 0.3 is 6.03 Å². The summed E-state index contributed by atoms with van der Waals surface area (Å²) in [4.78, 5) is 16.8. The van der Waals surface area contributed by atoms with Crippen LogP contribution in [-0.4, -0.2) is 65.3 Å². The summed E-state index contributed by atoms with van der Waals surface area (Å²) >= 11 is 0. The first kappa shape index (κ1) is 18.2. The molecule has 1 heterocycles. The summed E-state index contributed by atoms with van der Waals surface area (Å²) in [5, 5.41) is 12.4. The Hall–Kier alpha value is -1.59. The number of hydrogen-bond donors (Lipinski definition) is 2. The molecule has 2 N–H and O–H groups in total. The van der Waals surface area contributed by atoms with Gasteiger partial charge < -0.3 is 15.3 Å². The number of piperazine rings is 1. The monoisotopic (exact) mass is 345 g/mol. The summed E-state index contributed by atoms with van der Waals surface area (Å²) in [5.41, 5.74) is 1.44. The number of amides is 2. The molecule has 5 heteroatoms. The summed E-state index contributed by atoms with van der Waals surface area (Å²) in [7, 11) is 0. The Balaban J connectivity index is 1.51. The Morgan fingerprint density at radius 1 is 1.20 bits per heavy atom. The number of urea groups is 1. The summed E-state index contributed by atoms with van der Waals surface area (Å²) < 4.78 is 0. The van der Waals surface area contributed by atoms with E-state index in [0.717, 1.165) is 25.9 Å². The molecule has 25 heavy (non-hydrogen) atoms. The topological polar surface area (TPSA) is 55.8 Å². The minimum absolute atomic E-state index is 0.0526. The lowest BCUT2D eigenvalue weighted by Crippen LogP contribution is -2.63. The zero-order valence-corrected chi connectivity index (χ0v) is 15.7. The summed E-state index contributed by atoms with van der Waals surface area (Å²) in [6, 6.07) is 10.9. The second-order valence-electron chi connectivity index (χ2n) is 8.43. The summed E-state index contributed by atoms with van der Waals surface area (Å²) in [6.45, 7) is 9.61. The molecule has 0 atom stereocenters. The maximum atomic E-state index is 12.6. The predicted molar refractivity (Wildman–Crippen MR) is 99.7 cm³/mol. The number of rotatable bonds is 4. The van der Waals surface area contributed by atoms with Crippen molar-refractivity contribution in [3.8, 4) is 0 Å². The smallest absolute Gasteiger partial charge is 0.317 e. The van der Waals surface area contributed by atoms with Crippen LogP contribution < -0.4 is 5.32 Å². The first-order valence-corrected chi connectivity index (χ1v) is 9.31. The van der Waals surface area contributed by atoms with E-state index < -0.39 is 0 Å². The lowest BCUT2D eigenvalue weighted by molar-refractivity contribution is 0.0225. The van der Waals surface area contributed by atoms with Gasteiger partial charge in [0.25, 0.3) is 0 Å². The molecule has 1 aromatic carbocycles. The molecule has 1 saturated carbocycles. The molecule has 5 nitrogen and oxygen atoms in total. The van der Waals surface area contributed by atoms with Crippen LogP contribution in [0.25, 0.3) is 0 Å². The Labute approximate surface area is 151 Å². The average Bonchev–Trinajstić information content (AvgIpc) is 2.55. The van der Waals surface area contributed by atoms with Gasteiger partial charge in [-0.15, -0.1) is 0 Å². The lowest BCUT2D eigenvalue weighted by atomic mass is 9.63. The van der Waals surface area contributed by atoms with Crippen molar-refractivity contribution in [2.45, 2.75) is 50.6 Å². The molecule has 2 aliphatic rings. The molecule has 0 spiro atoms. The maximum absolute atomic E-state index is 12.6. The molecule has 1 aromatic rings. The Bertz CT molecular complexity index is 596. The van der Waals surface area contributed by atoms with Gasteiger partial charge in [0, 0.05) is 37.8 Å². The van der Waals surface area contributed by atoms with E-state index in [9.17, 15) is 9.90 Å². The van der Waals surface area contributed by atoms with Gasteiger partial charge in [-0.25, -0.2) is 4.79 Å². The fraction of sp³-hybridized carbons (Fsp3) is 0.650. The van der Waals surface area contributed by atoms with Crippen LogP contribution in [-0.2, 0) is 5.41 Å². The molecule has 0 unspecified atom stereocenters. The van der Waals surface area contributed by atoms with Gasteiger partial charge in [0.15, 0.2) is 0 Å². The standard InChI is InChI=1S/C20H31N3O2/c1-19(2)15-22(9-10-23(19)11-12-24)18(25)21-17-13-20(3,14-17)16-7-5-4-6-8-16/h4-8,17,24H,9-15H2,1-3H3,(H,21,25). The SMILES string of the molecule is CC1(c2ccccc2)CC(NC(=O)N2CCN(CCO)C(C)(C)C2)C1. The molecular weight excluding hydrogens is 314 g/mol. The van der Waals surface area contributed by atoms with Gasteiger partial charge in [0.2, 0.25) is 0 Å². The first-order chi connectivity index (χ1) is 11.8. The number of nitrogens with one attached hydrogen (secondary N) is 1. The third kappa shape index (κ3) is 3.82. The minimum atomic E-state index is -0.101. The molecule has 0 radical (unpaired) electrons. The average molecular weight is 345 g/mol. The van der Waals surface area contributed by atoms with E-state index in [0.29, 0.717) is 13.1 Å². The molecule has 1 aliphatic carbocycles. The highest BCUT2D eigenvalue weighted by Crippen LogP contribution is 2.43. The predicted octanol–water partition coefficient (Wildman–Crippen LogP) is 2.20. The van der Waals surface area contributed by atoms with E-state index in [-0.39, 0.29) is 29.6 Å². The number of carbonyl (C=O) groups is 1. The largest absolute Gasteiger partial charge is 0.395 e. The molecule has 1 aliphatic heterocycles. The van der Waals surface area contributed by atoms with E-state index in [1.54, 1.807) is 0 Å². The third-order valence-corrected chi connectivity index (χ3v) is 5.92. The zero-order valence-electron chi connectivity index (χ0n) is 15.7. The Morgan fingerprint density at radius 3 is 2.48 bits per heavy atom. The van der Waals surface area contributed by atoms with Crippen LogP contribution in [0.3, 0.4) is 0 Å². The minimum Gasteiger partial charge on any atom is -0.395 e. The molecule has 1 saturated heterocycles. The van der Waals surface area contributed by atoms with E-state index in [4.69, 9.17) is 0 Å². The van der Waals surface area contributed by atoms with Gasteiger partial charge in [-0.2, -0.15) is 0 Å². The van der Waals surface area contributed by atoms with Crippen LogP contribution in [0.4, 0.5) is 4.79 Å². The number of β-amino-alcohol motifs (C(OH)–C–C–N with tert-alkyl or cyclic N) is 1. The van der Waals surface area contributed by atoms with E-state index in [1.165, 1.54) is 5.56 Å². The molecular formula is C20H31N3O2. The van der Waals surface area contributed by atoms with Crippen LogP contribution in [0.2, 0.25) is 0 Å². The van der Waals surface area contributed by atoms with E-state index in [2.05, 4.69) is 55.3 Å².